The zero-order valence-corrected chi connectivity index (χ0v) is 16.5. The van der Waals surface area contributed by atoms with Crippen LogP contribution in [0.15, 0.2) is 54.6 Å². The molecule has 0 heterocycles. The lowest BCUT2D eigenvalue weighted by atomic mass is 10.1. The van der Waals surface area contributed by atoms with Crippen molar-refractivity contribution >= 4 is 21.6 Å². The van der Waals surface area contributed by atoms with E-state index in [1.165, 1.54) is 4.31 Å². The molecule has 2 aromatic rings. The second-order valence-corrected chi connectivity index (χ2v) is 8.32. The van der Waals surface area contributed by atoms with Crippen LogP contribution < -0.4 is 9.62 Å². The Morgan fingerprint density at radius 3 is 2.15 bits per heavy atom. The molecular weight excluding hydrogens is 348 g/mol. The Kier molecular flexibility index (Phi) is 6.42. The molecule has 0 bridgehead atoms. The Morgan fingerprint density at radius 1 is 1.08 bits per heavy atom. The molecule has 1 N–H and O–H groups in total. The summed E-state index contributed by atoms with van der Waals surface area (Å²) in [4.78, 5) is 12.9. The quantitative estimate of drug-likeness (QED) is 0.807. The smallest absolute Gasteiger partial charge is 0.244 e. The first kappa shape index (κ1) is 20.0. The Bertz CT molecular complexity index is 833. The summed E-state index contributed by atoms with van der Waals surface area (Å²) in [5.74, 6) is -0.310. The third kappa shape index (κ3) is 4.85. The standard InChI is InChI=1S/C20H26N2O3S/c1-5-19(20(23)21-16(3)17-9-7-6-8-10-17)22(26(4,24)25)18-13-11-15(2)12-14-18/h6-14,16,19H,5H2,1-4H3,(H,21,23). The van der Waals surface area contributed by atoms with E-state index in [9.17, 15) is 13.2 Å². The van der Waals surface area contributed by atoms with Gasteiger partial charge in [-0.2, -0.15) is 0 Å². The normalized spacial score (nSPS) is 13.7. The first-order chi connectivity index (χ1) is 12.2. The van der Waals surface area contributed by atoms with Gasteiger partial charge in [-0.15, -0.1) is 0 Å². The fourth-order valence-corrected chi connectivity index (χ4v) is 4.10. The molecule has 2 unspecified atom stereocenters. The lowest BCUT2D eigenvalue weighted by Crippen LogP contribution is -2.49. The highest BCUT2D eigenvalue weighted by Gasteiger charge is 2.32. The van der Waals surface area contributed by atoms with Gasteiger partial charge in [0.15, 0.2) is 0 Å². The van der Waals surface area contributed by atoms with Crippen LogP contribution in [-0.4, -0.2) is 26.6 Å². The van der Waals surface area contributed by atoms with E-state index in [2.05, 4.69) is 5.32 Å². The SMILES string of the molecule is CCC(C(=O)NC(C)c1ccccc1)N(c1ccc(C)cc1)S(C)(=O)=O. The van der Waals surface area contributed by atoms with E-state index in [0.717, 1.165) is 17.4 Å². The molecule has 140 valence electrons. The summed E-state index contributed by atoms with van der Waals surface area (Å²) in [5, 5.41) is 2.94. The van der Waals surface area contributed by atoms with Crippen LogP contribution in [-0.2, 0) is 14.8 Å². The lowest BCUT2D eigenvalue weighted by molar-refractivity contribution is -0.122. The van der Waals surface area contributed by atoms with Crippen LogP contribution in [0.5, 0.6) is 0 Å². The number of nitrogens with zero attached hydrogens (tertiary/aromatic N) is 1. The number of anilines is 1. The van der Waals surface area contributed by atoms with Crippen LogP contribution in [0, 0.1) is 6.92 Å². The monoisotopic (exact) mass is 374 g/mol. The number of amides is 1. The van der Waals surface area contributed by atoms with Gasteiger partial charge in [-0.1, -0.05) is 55.0 Å². The predicted octanol–water partition coefficient (Wildman–Crippen LogP) is 3.42. The third-order valence-electron chi connectivity index (χ3n) is 4.28. The number of hydrogen-bond donors (Lipinski definition) is 1. The molecular formula is C20H26N2O3S. The number of carbonyl (C=O) groups excluding carboxylic acids is 1. The second-order valence-electron chi connectivity index (χ2n) is 6.46. The number of rotatable bonds is 7. The van der Waals surface area contributed by atoms with Crippen LogP contribution in [0.25, 0.3) is 0 Å². The van der Waals surface area contributed by atoms with Gasteiger partial charge in [0, 0.05) is 0 Å². The number of aryl methyl sites for hydroxylation is 1. The van der Waals surface area contributed by atoms with Gasteiger partial charge in [-0.05, 0) is 38.0 Å². The molecule has 2 aromatic carbocycles. The highest BCUT2D eigenvalue weighted by Crippen LogP contribution is 2.23. The Hall–Kier alpha value is -2.34. The summed E-state index contributed by atoms with van der Waals surface area (Å²) in [6, 6.07) is 15.7. The van der Waals surface area contributed by atoms with Crippen molar-refractivity contribution in [1.29, 1.82) is 0 Å². The van der Waals surface area contributed by atoms with E-state index in [-0.39, 0.29) is 11.9 Å². The van der Waals surface area contributed by atoms with E-state index >= 15 is 0 Å². The minimum Gasteiger partial charge on any atom is -0.348 e. The van der Waals surface area contributed by atoms with Crippen LogP contribution >= 0.6 is 0 Å². The van der Waals surface area contributed by atoms with E-state index in [4.69, 9.17) is 0 Å². The van der Waals surface area contributed by atoms with Crippen molar-refractivity contribution in [1.82, 2.24) is 5.32 Å². The molecule has 26 heavy (non-hydrogen) atoms. The molecule has 0 aliphatic rings. The Labute approximate surface area is 156 Å². The van der Waals surface area contributed by atoms with Crippen molar-refractivity contribution in [2.24, 2.45) is 0 Å². The molecule has 0 aliphatic heterocycles. The van der Waals surface area contributed by atoms with Gasteiger partial charge in [0.25, 0.3) is 0 Å². The number of benzene rings is 2. The fraction of sp³-hybridized carbons (Fsp3) is 0.350. The summed E-state index contributed by atoms with van der Waals surface area (Å²) >= 11 is 0. The van der Waals surface area contributed by atoms with Crippen LogP contribution in [0.3, 0.4) is 0 Å². The highest BCUT2D eigenvalue weighted by molar-refractivity contribution is 7.92. The lowest BCUT2D eigenvalue weighted by Gasteiger charge is -2.31. The number of hydrogen-bond acceptors (Lipinski definition) is 3. The first-order valence-electron chi connectivity index (χ1n) is 8.65. The molecule has 2 atom stereocenters. The van der Waals surface area contributed by atoms with Crippen molar-refractivity contribution in [2.45, 2.75) is 39.3 Å². The average molecular weight is 375 g/mol. The molecule has 1 amide bonds. The van der Waals surface area contributed by atoms with Gasteiger partial charge < -0.3 is 5.32 Å². The minimum absolute atomic E-state index is 0.211. The van der Waals surface area contributed by atoms with Crippen molar-refractivity contribution in [3.05, 3.63) is 65.7 Å². The van der Waals surface area contributed by atoms with Gasteiger partial charge in [-0.25, -0.2) is 8.42 Å². The molecule has 0 saturated carbocycles. The van der Waals surface area contributed by atoms with Crippen molar-refractivity contribution in [3.8, 4) is 0 Å². The molecule has 0 saturated heterocycles. The van der Waals surface area contributed by atoms with Crippen molar-refractivity contribution < 1.29 is 13.2 Å². The van der Waals surface area contributed by atoms with Crippen molar-refractivity contribution in [2.75, 3.05) is 10.6 Å². The summed E-state index contributed by atoms with van der Waals surface area (Å²) < 4.78 is 26.1. The number of nitrogens with one attached hydrogen (secondary N) is 1. The van der Waals surface area contributed by atoms with E-state index < -0.39 is 16.1 Å². The van der Waals surface area contributed by atoms with Crippen LogP contribution in [0.2, 0.25) is 0 Å². The third-order valence-corrected chi connectivity index (χ3v) is 5.46. The second kappa shape index (κ2) is 8.36. The van der Waals surface area contributed by atoms with Gasteiger partial charge in [-0.3, -0.25) is 9.10 Å². The maximum atomic E-state index is 12.9. The minimum atomic E-state index is -3.62. The Balaban J connectivity index is 2.29. The van der Waals surface area contributed by atoms with Gasteiger partial charge in [0.1, 0.15) is 6.04 Å². The van der Waals surface area contributed by atoms with Gasteiger partial charge in [0.05, 0.1) is 18.0 Å². The maximum absolute atomic E-state index is 12.9. The van der Waals surface area contributed by atoms with Crippen molar-refractivity contribution in [3.63, 3.8) is 0 Å². The molecule has 0 radical (unpaired) electrons. The largest absolute Gasteiger partial charge is 0.348 e. The van der Waals surface area contributed by atoms with Crippen LogP contribution in [0.4, 0.5) is 5.69 Å². The van der Waals surface area contributed by atoms with E-state index in [1.807, 2.05) is 63.2 Å². The van der Waals surface area contributed by atoms with Crippen LogP contribution in [0.1, 0.15) is 37.4 Å². The molecule has 0 fully saturated rings. The molecule has 0 aromatic heterocycles. The molecule has 5 nitrogen and oxygen atoms in total. The zero-order valence-electron chi connectivity index (χ0n) is 15.6. The Morgan fingerprint density at radius 2 is 1.65 bits per heavy atom. The van der Waals surface area contributed by atoms with E-state index in [0.29, 0.717) is 12.1 Å². The topological polar surface area (TPSA) is 66.5 Å². The first-order valence-corrected chi connectivity index (χ1v) is 10.5. The molecule has 2 rings (SSSR count). The summed E-state index contributed by atoms with van der Waals surface area (Å²) in [6.45, 7) is 5.63. The average Bonchev–Trinajstić information content (AvgIpc) is 2.60. The highest BCUT2D eigenvalue weighted by atomic mass is 32.2. The summed E-state index contributed by atoms with van der Waals surface area (Å²) in [5.41, 5.74) is 2.49. The van der Waals surface area contributed by atoms with E-state index in [1.54, 1.807) is 12.1 Å². The van der Waals surface area contributed by atoms with Gasteiger partial charge in [0.2, 0.25) is 15.9 Å². The maximum Gasteiger partial charge on any atom is 0.244 e. The molecule has 0 spiro atoms. The number of sulfonamides is 1. The predicted molar refractivity (Wildman–Crippen MR) is 106 cm³/mol. The fourth-order valence-electron chi connectivity index (χ4n) is 2.89. The number of carbonyl (C=O) groups is 1. The zero-order chi connectivity index (χ0) is 19.3. The van der Waals surface area contributed by atoms with Gasteiger partial charge >= 0.3 is 0 Å². The summed E-state index contributed by atoms with van der Waals surface area (Å²) in [6.07, 6.45) is 1.50. The molecule has 0 aliphatic carbocycles. The summed E-state index contributed by atoms with van der Waals surface area (Å²) in [7, 11) is -3.62. The molecule has 6 heteroatoms.